The van der Waals surface area contributed by atoms with Crippen LogP contribution in [0.2, 0.25) is 0 Å². The molecule has 1 atom stereocenters. The normalized spacial score (nSPS) is 16.7. The van der Waals surface area contributed by atoms with Crippen molar-refractivity contribution in [2.45, 2.75) is 45.3 Å². The van der Waals surface area contributed by atoms with Gasteiger partial charge in [0.2, 0.25) is 0 Å². The molecule has 6 heteroatoms. The number of fused-ring (bicyclic) bond motifs is 1. The summed E-state index contributed by atoms with van der Waals surface area (Å²) in [7, 11) is 1.58. The fourth-order valence-corrected chi connectivity index (χ4v) is 3.87. The summed E-state index contributed by atoms with van der Waals surface area (Å²) in [6.07, 6.45) is 0.981. The number of anilines is 1. The van der Waals surface area contributed by atoms with Gasteiger partial charge in [0.1, 0.15) is 17.2 Å². The lowest BCUT2D eigenvalue weighted by Gasteiger charge is -2.38. The van der Waals surface area contributed by atoms with Crippen molar-refractivity contribution in [1.82, 2.24) is 0 Å². The van der Waals surface area contributed by atoms with Gasteiger partial charge < -0.3 is 9.47 Å². The molecule has 0 bridgehead atoms. The van der Waals surface area contributed by atoms with Gasteiger partial charge in [-0.15, -0.1) is 0 Å². The van der Waals surface area contributed by atoms with Crippen molar-refractivity contribution in [3.8, 4) is 5.75 Å². The number of methoxy groups -OCH3 is 1. The quantitative estimate of drug-likeness (QED) is 0.578. The third-order valence-electron chi connectivity index (χ3n) is 4.44. The molecule has 1 aliphatic rings. The first-order valence-electron chi connectivity index (χ1n) is 8.83. The molecule has 0 N–H and O–H groups in total. The van der Waals surface area contributed by atoms with E-state index in [0.717, 1.165) is 27.7 Å². The summed E-state index contributed by atoms with van der Waals surface area (Å²) in [6, 6.07) is 9.86. The molecular formula is C21H23BrFNO3. The second kappa shape index (κ2) is 7.50. The second-order valence-corrected chi connectivity index (χ2v) is 8.43. The van der Waals surface area contributed by atoms with E-state index in [1.54, 1.807) is 18.1 Å². The molecule has 0 saturated carbocycles. The Morgan fingerprint density at radius 1 is 1.26 bits per heavy atom. The maximum atomic E-state index is 13.8. The average molecular weight is 436 g/mol. The fourth-order valence-electron chi connectivity index (χ4n) is 3.32. The van der Waals surface area contributed by atoms with Gasteiger partial charge in [-0.1, -0.05) is 12.1 Å². The number of carbonyl (C=O) groups is 1. The summed E-state index contributed by atoms with van der Waals surface area (Å²) < 4.78 is 25.7. The van der Waals surface area contributed by atoms with E-state index in [2.05, 4.69) is 15.9 Å². The molecule has 1 heterocycles. The van der Waals surface area contributed by atoms with Crippen molar-refractivity contribution in [1.29, 1.82) is 0 Å². The van der Waals surface area contributed by atoms with E-state index >= 15 is 0 Å². The Labute approximate surface area is 167 Å². The minimum Gasteiger partial charge on any atom is -0.495 e. The van der Waals surface area contributed by atoms with Crippen LogP contribution in [0.1, 0.15) is 44.4 Å². The Kier molecular flexibility index (Phi) is 5.47. The van der Waals surface area contributed by atoms with Gasteiger partial charge in [-0.2, -0.15) is 0 Å². The van der Waals surface area contributed by atoms with E-state index in [4.69, 9.17) is 9.47 Å². The van der Waals surface area contributed by atoms with Crippen LogP contribution in [-0.4, -0.2) is 18.8 Å². The molecule has 0 fully saturated rings. The first-order chi connectivity index (χ1) is 12.7. The van der Waals surface area contributed by atoms with E-state index in [0.29, 0.717) is 12.2 Å². The summed E-state index contributed by atoms with van der Waals surface area (Å²) in [6.45, 7) is 5.49. The Bertz CT molecular complexity index is 863. The number of benzene rings is 2. The van der Waals surface area contributed by atoms with Crippen LogP contribution in [0.25, 0.3) is 0 Å². The SMILES string of the molecule is COc1cc2c(cc1Br)CCC(c1cccc(F)c1)N2C(=O)OC(C)(C)C. The molecule has 0 spiro atoms. The van der Waals surface area contributed by atoms with Crippen molar-refractivity contribution >= 4 is 27.7 Å². The van der Waals surface area contributed by atoms with Crippen molar-refractivity contribution in [3.05, 3.63) is 57.8 Å². The van der Waals surface area contributed by atoms with Crippen molar-refractivity contribution in [2.75, 3.05) is 12.0 Å². The lowest BCUT2D eigenvalue weighted by molar-refractivity contribution is 0.0560. The average Bonchev–Trinajstić information content (AvgIpc) is 2.58. The number of halogens is 2. The third kappa shape index (κ3) is 4.26. The van der Waals surface area contributed by atoms with Gasteiger partial charge in [-0.05, 0) is 78.9 Å². The number of rotatable bonds is 2. The molecule has 2 aromatic rings. The fraction of sp³-hybridized carbons (Fsp3) is 0.381. The minimum atomic E-state index is -0.638. The van der Waals surface area contributed by atoms with E-state index < -0.39 is 11.7 Å². The lowest BCUT2D eigenvalue weighted by Crippen LogP contribution is -2.42. The topological polar surface area (TPSA) is 38.8 Å². The lowest BCUT2D eigenvalue weighted by atomic mass is 9.91. The van der Waals surface area contributed by atoms with Gasteiger partial charge >= 0.3 is 6.09 Å². The smallest absolute Gasteiger partial charge is 0.415 e. The first kappa shape index (κ1) is 19.7. The number of amides is 1. The van der Waals surface area contributed by atoms with Gasteiger partial charge in [0, 0.05) is 6.07 Å². The van der Waals surface area contributed by atoms with E-state index in [9.17, 15) is 9.18 Å². The molecule has 1 amide bonds. The highest BCUT2D eigenvalue weighted by molar-refractivity contribution is 9.10. The van der Waals surface area contributed by atoms with Crippen molar-refractivity contribution in [2.24, 2.45) is 0 Å². The standard InChI is InChI=1S/C21H23BrFNO3/c1-21(2,3)27-20(25)24-17(13-6-5-7-15(23)10-13)9-8-14-11-16(22)19(26-4)12-18(14)24/h5-7,10-12,17H,8-9H2,1-4H3. The highest BCUT2D eigenvalue weighted by atomic mass is 79.9. The van der Waals surface area contributed by atoms with Crippen molar-refractivity contribution in [3.63, 3.8) is 0 Å². The molecule has 1 unspecified atom stereocenters. The summed E-state index contributed by atoms with van der Waals surface area (Å²) in [5.41, 5.74) is 1.85. The second-order valence-electron chi connectivity index (χ2n) is 7.58. The summed E-state index contributed by atoms with van der Waals surface area (Å²) in [4.78, 5) is 14.7. The van der Waals surface area contributed by atoms with Crippen LogP contribution in [0.5, 0.6) is 5.75 Å². The zero-order valence-corrected chi connectivity index (χ0v) is 17.5. The molecule has 1 aliphatic heterocycles. The summed E-state index contributed by atoms with van der Waals surface area (Å²) >= 11 is 3.50. The van der Waals surface area contributed by atoms with Crippen LogP contribution >= 0.6 is 15.9 Å². The predicted molar refractivity (Wildman–Crippen MR) is 107 cm³/mol. The molecule has 4 nitrogen and oxygen atoms in total. The third-order valence-corrected chi connectivity index (χ3v) is 5.05. The van der Waals surface area contributed by atoms with Crippen LogP contribution in [0.4, 0.5) is 14.9 Å². The molecule has 2 aromatic carbocycles. The predicted octanol–water partition coefficient (Wildman–Crippen LogP) is 6.03. The Morgan fingerprint density at radius 3 is 2.63 bits per heavy atom. The van der Waals surface area contributed by atoms with E-state index in [1.165, 1.54) is 12.1 Å². The minimum absolute atomic E-state index is 0.311. The molecule has 27 heavy (non-hydrogen) atoms. The van der Waals surface area contributed by atoms with Crippen molar-refractivity contribution < 1.29 is 18.7 Å². The number of ether oxygens (including phenoxy) is 2. The van der Waals surface area contributed by atoms with Crippen LogP contribution < -0.4 is 9.64 Å². The van der Waals surface area contributed by atoms with Crippen LogP contribution in [0.3, 0.4) is 0 Å². The Hall–Kier alpha value is -2.08. The molecule has 3 rings (SSSR count). The van der Waals surface area contributed by atoms with E-state index in [1.807, 2.05) is 39.0 Å². The maximum Gasteiger partial charge on any atom is 0.415 e. The number of carbonyl (C=O) groups excluding carboxylic acids is 1. The van der Waals surface area contributed by atoms with Crippen LogP contribution in [-0.2, 0) is 11.2 Å². The van der Waals surface area contributed by atoms with Gasteiger partial charge in [-0.3, -0.25) is 4.90 Å². The molecule has 0 aliphatic carbocycles. The molecular weight excluding hydrogens is 413 g/mol. The zero-order chi connectivity index (χ0) is 19.8. The number of aryl methyl sites for hydroxylation is 1. The highest BCUT2D eigenvalue weighted by Crippen LogP contribution is 2.43. The zero-order valence-electron chi connectivity index (χ0n) is 15.9. The molecule has 0 radical (unpaired) electrons. The number of hydrogen-bond donors (Lipinski definition) is 0. The van der Waals surface area contributed by atoms with Gasteiger partial charge in [0.05, 0.1) is 23.3 Å². The van der Waals surface area contributed by atoms with Crippen LogP contribution in [0, 0.1) is 5.82 Å². The van der Waals surface area contributed by atoms with Gasteiger partial charge in [0.15, 0.2) is 0 Å². The maximum absolute atomic E-state index is 13.8. The van der Waals surface area contributed by atoms with Gasteiger partial charge in [-0.25, -0.2) is 9.18 Å². The molecule has 144 valence electrons. The first-order valence-corrected chi connectivity index (χ1v) is 9.63. The number of hydrogen-bond acceptors (Lipinski definition) is 3. The highest BCUT2D eigenvalue weighted by Gasteiger charge is 2.36. The molecule has 0 aromatic heterocycles. The Morgan fingerprint density at radius 2 is 2.00 bits per heavy atom. The number of nitrogens with zero attached hydrogens (tertiary/aromatic N) is 1. The van der Waals surface area contributed by atoms with E-state index in [-0.39, 0.29) is 11.9 Å². The Balaban J connectivity index is 2.11. The summed E-state index contributed by atoms with van der Waals surface area (Å²) in [5.74, 6) is 0.304. The molecule has 0 saturated heterocycles. The summed E-state index contributed by atoms with van der Waals surface area (Å²) in [5, 5.41) is 0. The van der Waals surface area contributed by atoms with Crippen LogP contribution in [0.15, 0.2) is 40.9 Å². The monoisotopic (exact) mass is 435 g/mol. The van der Waals surface area contributed by atoms with Gasteiger partial charge in [0.25, 0.3) is 0 Å². The largest absolute Gasteiger partial charge is 0.495 e.